The van der Waals surface area contributed by atoms with Crippen LogP contribution in [0.3, 0.4) is 0 Å². The van der Waals surface area contributed by atoms with Crippen LogP contribution in [0, 0.1) is 0 Å². The van der Waals surface area contributed by atoms with Gasteiger partial charge in [0.05, 0.1) is 16.7 Å². The summed E-state index contributed by atoms with van der Waals surface area (Å²) in [7, 11) is 0. The van der Waals surface area contributed by atoms with E-state index in [2.05, 4.69) is 168 Å². The number of furan rings is 1. The zero-order valence-corrected chi connectivity index (χ0v) is 34.5. The van der Waals surface area contributed by atoms with Gasteiger partial charge in [0.2, 0.25) is 0 Å². The van der Waals surface area contributed by atoms with E-state index in [4.69, 9.17) is 19.4 Å². The normalized spacial score (nSPS) is 11.8. The van der Waals surface area contributed by atoms with Crippen molar-refractivity contribution < 1.29 is 4.42 Å². The lowest BCUT2D eigenvalue weighted by Gasteiger charge is -2.16. The molecule has 64 heavy (non-hydrogen) atoms. The van der Waals surface area contributed by atoms with Crippen molar-refractivity contribution in [2.24, 2.45) is 0 Å². The molecule has 0 bridgehead atoms. The van der Waals surface area contributed by atoms with Gasteiger partial charge in [0, 0.05) is 55.3 Å². The number of hydrogen-bond acceptors (Lipinski definition) is 4. The van der Waals surface area contributed by atoms with Gasteiger partial charge < -0.3 is 8.98 Å². The first-order chi connectivity index (χ1) is 31.7. The van der Waals surface area contributed by atoms with Crippen molar-refractivity contribution in [3.8, 4) is 62.1 Å². The highest BCUT2D eigenvalue weighted by atomic mass is 16.3. The number of nitrogens with zero attached hydrogens (tertiary/aromatic N) is 4. The van der Waals surface area contributed by atoms with E-state index in [-0.39, 0.29) is 0 Å². The molecule has 0 fully saturated rings. The summed E-state index contributed by atoms with van der Waals surface area (Å²) in [5.41, 5.74) is 11.9. The van der Waals surface area contributed by atoms with Crippen LogP contribution in [-0.2, 0) is 0 Å². The molecule has 5 heteroatoms. The topological polar surface area (TPSA) is 56.7 Å². The molecular formula is C59H36N4O. The lowest BCUT2D eigenvalue weighted by molar-refractivity contribution is 0.668. The van der Waals surface area contributed by atoms with Gasteiger partial charge in [-0.2, -0.15) is 0 Å². The van der Waals surface area contributed by atoms with Gasteiger partial charge in [-0.15, -0.1) is 0 Å². The van der Waals surface area contributed by atoms with Crippen molar-refractivity contribution in [1.82, 2.24) is 19.5 Å². The largest absolute Gasteiger partial charge is 0.456 e. The van der Waals surface area contributed by atoms with Gasteiger partial charge in [0.15, 0.2) is 17.5 Å². The highest BCUT2D eigenvalue weighted by Gasteiger charge is 2.24. The number of aromatic nitrogens is 4. The van der Waals surface area contributed by atoms with E-state index >= 15 is 0 Å². The fourth-order valence-electron chi connectivity index (χ4n) is 9.68. The molecule has 0 saturated heterocycles. The Labute approximate surface area is 368 Å². The van der Waals surface area contributed by atoms with Gasteiger partial charge in [-0.25, -0.2) is 15.0 Å². The molecule has 0 unspecified atom stereocenters. The van der Waals surface area contributed by atoms with Gasteiger partial charge in [0.1, 0.15) is 11.2 Å². The second kappa shape index (κ2) is 14.5. The van der Waals surface area contributed by atoms with E-state index in [0.717, 1.165) is 72.1 Å². The van der Waals surface area contributed by atoms with Crippen LogP contribution in [-0.4, -0.2) is 19.5 Å². The van der Waals surface area contributed by atoms with Crippen LogP contribution in [0.25, 0.3) is 127 Å². The average Bonchev–Trinajstić information content (AvgIpc) is 3.90. The predicted molar refractivity (Wildman–Crippen MR) is 264 cm³/mol. The molecule has 0 atom stereocenters. The number of hydrogen-bond donors (Lipinski definition) is 0. The maximum Gasteiger partial charge on any atom is 0.164 e. The average molecular weight is 817 g/mol. The molecule has 0 N–H and O–H groups in total. The molecule has 5 nitrogen and oxygen atoms in total. The second-order valence-corrected chi connectivity index (χ2v) is 16.3. The molecule has 0 aliphatic carbocycles. The molecular weight excluding hydrogens is 781 g/mol. The fraction of sp³-hybridized carbons (Fsp3) is 0. The van der Waals surface area contributed by atoms with E-state index in [1.54, 1.807) is 0 Å². The van der Waals surface area contributed by atoms with Crippen LogP contribution < -0.4 is 0 Å². The molecule has 3 aromatic heterocycles. The third-order valence-electron chi connectivity index (χ3n) is 12.6. The minimum atomic E-state index is 0.575. The van der Waals surface area contributed by atoms with Crippen LogP contribution in [0.4, 0.5) is 0 Å². The fourth-order valence-corrected chi connectivity index (χ4v) is 9.68. The quantitative estimate of drug-likeness (QED) is 0.168. The molecule has 0 aliphatic heterocycles. The molecule has 13 aromatic rings. The molecule has 0 spiro atoms. The van der Waals surface area contributed by atoms with Gasteiger partial charge in [-0.1, -0.05) is 188 Å². The first-order valence-corrected chi connectivity index (χ1v) is 21.6. The minimum Gasteiger partial charge on any atom is -0.456 e. The van der Waals surface area contributed by atoms with Crippen molar-refractivity contribution in [3.63, 3.8) is 0 Å². The van der Waals surface area contributed by atoms with E-state index in [0.29, 0.717) is 17.5 Å². The standard InChI is InChI=1S/C59H36N4O/c1-4-17-37(18-5-1)43-26-14-15-28-46(43)58-60-57(40-22-8-3-9-23-40)61-59(62-58)47-29-16-30-53-55(47)50-35-48(38-19-6-2-7-20-38)52(36-54(50)64-53)63-51-34-42-25-11-10-24-41(42)33-49(51)45-32-31-39-21-12-13-27-44(39)56(45)63/h1-36H. The van der Waals surface area contributed by atoms with Crippen LogP contribution in [0.1, 0.15) is 0 Å². The summed E-state index contributed by atoms with van der Waals surface area (Å²) in [4.78, 5) is 15.7. The van der Waals surface area contributed by atoms with E-state index in [1.165, 1.54) is 37.8 Å². The van der Waals surface area contributed by atoms with E-state index in [9.17, 15) is 0 Å². The van der Waals surface area contributed by atoms with Crippen molar-refractivity contribution in [1.29, 1.82) is 0 Å². The maximum atomic E-state index is 6.95. The Balaban J connectivity index is 1.10. The summed E-state index contributed by atoms with van der Waals surface area (Å²) in [5, 5.41) is 9.14. The summed E-state index contributed by atoms with van der Waals surface area (Å²) in [6.45, 7) is 0. The number of rotatable bonds is 6. The van der Waals surface area contributed by atoms with Crippen molar-refractivity contribution >= 4 is 65.3 Å². The maximum absolute atomic E-state index is 6.95. The lowest BCUT2D eigenvalue weighted by Crippen LogP contribution is -2.01. The molecule has 0 amide bonds. The molecule has 10 aromatic carbocycles. The number of fused-ring (bicyclic) bond motifs is 9. The Kier molecular flexibility index (Phi) is 8.15. The van der Waals surface area contributed by atoms with Gasteiger partial charge in [-0.05, 0) is 57.1 Å². The van der Waals surface area contributed by atoms with Crippen molar-refractivity contribution in [2.75, 3.05) is 0 Å². The summed E-state index contributed by atoms with van der Waals surface area (Å²) in [6, 6.07) is 76.9. The lowest BCUT2D eigenvalue weighted by atomic mass is 9.98. The molecule has 0 saturated carbocycles. The third-order valence-corrected chi connectivity index (χ3v) is 12.6. The van der Waals surface area contributed by atoms with Crippen LogP contribution in [0.2, 0.25) is 0 Å². The van der Waals surface area contributed by atoms with Gasteiger partial charge >= 0.3 is 0 Å². The van der Waals surface area contributed by atoms with E-state index < -0.39 is 0 Å². The second-order valence-electron chi connectivity index (χ2n) is 16.3. The van der Waals surface area contributed by atoms with Crippen LogP contribution >= 0.6 is 0 Å². The summed E-state index contributed by atoms with van der Waals surface area (Å²) < 4.78 is 9.41. The van der Waals surface area contributed by atoms with Crippen LogP contribution in [0.5, 0.6) is 0 Å². The first kappa shape index (κ1) is 36.0. The molecule has 0 radical (unpaired) electrons. The summed E-state index contributed by atoms with van der Waals surface area (Å²) >= 11 is 0. The summed E-state index contributed by atoms with van der Waals surface area (Å²) in [5.74, 6) is 1.78. The monoisotopic (exact) mass is 816 g/mol. The summed E-state index contributed by atoms with van der Waals surface area (Å²) in [6.07, 6.45) is 0. The molecule has 0 aliphatic rings. The Morgan fingerprint density at radius 2 is 0.906 bits per heavy atom. The first-order valence-electron chi connectivity index (χ1n) is 21.6. The minimum absolute atomic E-state index is 0.575. The molecule has 13 rings (SSSR count). The Morgan fingerprint density at radius 3 is 1.66 bits per heavy atom. The zero-order valence-electron chi connectivity index (χ0n) is 34.5. The van der Waals surface area contributed by atoms with E-state index in [1.807, 2.05) is 54.6 Å². The zero-order chi connectivity index (χ0) is 42.1. The van der Waals surface area contributed by atoms with Crippen molar-refractivity contribution in [2.45, 2.75) is 0 Å². The molecule has 298 valence electrons. The third kappa shape index (κ3) is 5.75. The van der Waals surface area contributed by atoms with Crippen molar-refractivity contribution in [3.05, 3.63) is 218 Å². The highest BCUT2D eigenvalue weighted by molar-refractivity contribution is 6.22. The molecule has 3 heterocycles. The Morgan fingerprint density at radius 1 is 0.328 bits per heavy atom. The smallest absolute Gasteiger partial charge is 0.164 e. The van der Waals surface area contributed by atoms with Gasteiger partial charge in [0.25, 0.3) is 0 Å². The van der Waals surface area contributed by atoms with Gasteiger partial charge in [-0.3, -0.25) is 0 Å². The number of benzene rings is 10. The highest BCUT2D eigenvalue weighted by Crippen LogP contribution is 2.45. The van der Waals surface area contributed by atoms with Crippen LogP contribution in [0.15, 0.2) is 223 Å². The predicted octanol–water partition coefficient (Wildman–Crippen LogP) is 15.5. The Bertz CT molecular complexity index is 3950. The SMILES string of the molecule is c1ccc(-c2nc(-c3ccccc3-c3ccccc3)nc(-c3cccc4oc5cc(-n6c7cc8ccccc8cc7c7ccc8ccccc8c76)c(-c6ccccc6)cc5c34)n2)cc1. The Hall–Kier alpha value is -8.67.